The Labute approximate surface area is 107 Å². The average Bonchev–Trinajstić information content (AvgIpc) is 2.69. The van der Waals surface area contributed by atoms with E-state index in [2.05, 4.69) is 10.2 Å². The average molecular weight is 268 g/mol. The molecular formula is C11H13FN4OS. The van der Waals surface area contributed by atoms with Crippen molar-refractivity contribution >= 4 is 17.4 Å². The van der Waals surface area contributed by atoms with Crippen LogP contribution in [-0.4, -0.2) is 14.8 Å². The number of aromatic nitrogens is 3. The van der Waals surface area contributed by atoms with Crippen molar-refractivity contribution in [1.82, 2.24) is 14.8 Å². The van der Waals surface area contributed by atoms with Crippen LogP contribution in [0.3, 0.4) is 0 Å². The van der Waals surface area contributed by atoms with Gasteiger partial charge in [-0.1, -0.05) is 17.8 Å². The first-order valence-electron chi connectivity index (χ1n) is 5.43. The van der Waals surface area contributed by atoms with Crippen LogP contribution in [0.5, 0.6) is 0 Å². The van der Waals surface area contributed by atoms with Crippen LogP contribution >= 0.6 is 11.8 Å². The molecule has 7 heteroatoms. The first kappa shape index (κ1) is 12.7. The number of rotatable bonds is 4. The lowest BCUT2D eigenvalue weighted by molar-refractivity contribution is 0.617. The predicted octanol–water partition coefficient (Wildman–Crippen LogP) is 1.60. The molecule has 1 aromatic carbocycles. The Morgan fingerprint density at radius 1 is 1.56 bits per heavy atom. The summed E-state index contributed by atoms with van der Waals surface area (Å²) in [6.45, 7) is 2.38. The summed E-state index contributed by atoms with van der Waals surface area (Å²) in [4.78, 5) is 11.3. The summed E-state index contributed by atoms with van der Waals surface area (Å²) in [5.74, 6) is 0.0552. The summed E-state index contributed by atoms with van der Waals surface area (Å²) in [6, 6.07) is 4.57. The lowest BCUT2D eigenvalue weighted by atomic mass is 10.2. The molecule has 3 N–H and O–H groups in total. The summed E-state index contributed by atoms with van der Waals surface area (Å²) in [5.41, 5.74) is 6.15. The summed E-state index contributed by atoms with van der Waals surface area (Å²) < 4.78 is 15.1. The first-order chi connectivity index (χ1) is 8.61. The van der Waals surface area contributed by atoms with Crippen molar-refractivity contribution < 1.29 is 4.39 Å². The zero-order valence-corrected chi connectivity index (χ0v) is 10.6. The maximum Gasteiger partial charge on any atom is 0.343 e. The van der Waals surface area contributed by atoms with Gasteiger partial charge in [0.25, 0.3) is 0 Å². The van der Waals surface area contributed by atoms with Gasteiger partial charge in [0.2, 0.25) is 0 Å². The Morgan fingerprint density at radius 2 is 2.33 bits per heavy atom. The Morgan fingerprint density at radius 3 is 3.00 bits per heavy atom. The third kappa shape index (κ3) is 2.56. The van der Waals surface area contributed by atoms with E-state index in [1.165, 1.54) is 22.4 Å². The van der Waals surface area contributed by atoms with Gasteiger partial charge in [0.1, 0.15) is 5.82 Å². The minimum absolute atomic E-state index is 0.252. The summed E-state index contributed by atoms with van der Waals surface area (Å²) >= 11 is 1.31. The predicted molar refractivity (Wildman–Crippen MR) is 68.9 cm³/mol. The van der Waals surface area contributed by atoms with Gasteiger partial charge in [-0.25, -0.2) is 14.3 Å². The molecule has 96 valence electrons. The largest absolute Gasteiger partial charge is 0.399 e. The minimum Gasteiger partial charge on any atom is -0.399 e. The number of nitrogen functional groups attached to an aromatic ring is 1. The number of nitrogens with one attached hydrogen (secondary N) is 1. The van der Waals surface area contributed by atoms with Gasteiger partial charge < -0.3 is 5.73 Å². The van der Waals surface area contributed by atoms with Crippen molar-refractivity contribution in [3.8, 4) is 0 Å². The van der Waals surface area contributed by atoms with Gasteiger partial charge in [0.15, 0.2) is 5.16 Å². The highest BCUT2D eigenvalue weighted by atomic mass is 32.2. The number of halogens is 1. The molecule has 2 aromatic rings. The fraction of sp³-hybridized carbons (Fsp3) is 0.273. The normalized spacial score (nSPS) is 10.8. The maximum absolute atomic E-state index is 13.6. The molecule has 0 unspecified atom stereocenters. The SMILES string of the molecule is CCn1c(SCc2ccc(N)cc2F)n[nH]c1=O. The van der Waals surface area contributed by atoms with Crippen LogP contribution in [0.4, 0.5) is 10.1 Å². The number of hydrogen-bond acceptors (Lipinski definition) is 4. The van der Waals surface area contributed by atoms with Crippen LogP contribution < -0.4 is 11.4 Å². The second-order valence-electron chi connectivity index (χ2n) is 3.70. The van der Waals surface area contributed by atoms with Gasteiger partial charge in [-0.3, -0.25) is 4.57 Å². The smallest absolute Gasteiger partial charge is 0.343 e. The standard InChI is InChI=1S/C11H13FN4OS/c1-2-16-10(17)14-15-11(16)18-6-7-3-4-8(13)5-9(7)12/h3-5H,2,6,13H2,1H3,(H,14,17). The Kier molecular flexibility index (Phi) is 3.71. The second kappa shape index (κ2) is 5.26. The fourth-order valence-electron chi connectivity index (χ4n) is 1.52. The lowest BCUT2D eigenvalue weighted by Crippen LogP contribution is -2.16. The van der Waals surface area contributed by atoms with Crippen molar-refractivity contribution in [1.29, 1.82) is 0 Å². The van der Waals surface area contributed by atoms with E-state index in [1.807, 2.05) is 6.92 Å². The van der Waals surface area contributed by atoms with Crippen LogP contribution in [0.15, 0.2) is 28.2 Å². The summed E-state index contributed by atoms with van der Waals surface area (Å²) in [7, 11) is 0. The van der Waals surface area contributed by atoms with E-state index in [4.69, 9.17) is 5.73 Å². The summed E-state index contributed by atoms with van der Waals surface area (Å²) in [6.07, 6.45) is 0. The topological polar surface area (TPSA) is 76.7 Å². The lowest BCUT2D eigenvalue weighted by Gasteiger charge is -2.04. The fourth-order valence-corrected chi connectivity index (χ4v) is 2.51. The van der Waals surface area contributed by atoms with E-state index in [0.29, 0.717) is 28.7 Å². The molecule has 1 aromatic heterocycles. The monoisotopic (exact) mass is 268 g/mol. The third-order valence-electron chi connectivity index (χ3n) is 2.47. The molecule has 0 spiro atoms. The van der Waals surface area contributed by atoms with Gasteiger partial charge in [0.05, 0.1) is 0 Å². The van der Waals surface area contributed by atoms with Gasteiger partial charge in [-0.05, 0) is 24.6 Å². The molecule has 0 bridgehead atoms. The zero-order chi connectivity index (χ0) is 13.1. The molecule has 0 atom stereocenters. The molecule has 0 saturated heterocycles. The van der Waals surface area contributed by atoms with E-state index in [9.17, 15) is 9.18 Å². The van der Waals surface area contributed by atoms with E-state index in [1.54, 1.807) is 12.1 Å². The number of benzene rings is 1. The number of H-pyrrole nitrogens is 1. The molecule has 5 nitrogen and oxygen atoms in total. The number of aromatic amines is 1. The van der Waals surface area contributed by atoms with Crippen LogP contribution in [-0.2, 0) is 12.3 Å². The van der Waals surface area contributed by atoms with Crippen molar-refractivity contribution in [2.24, 2.45) is 0 Å². The van der Waals surface area contributed by atoms with Crippen molar-refractivity contribution in [2.45, 2.75) is 24.4 Å². The number of nitrogens with zero attached hydrogens (tertiary/aromatic N) is 2. The van der Waals surface area contributed by atoms with Crippen molar-refractivity contribution in [3.05, 3.63) is 40.1 Å². The van der Waals surface area contributed by atoms with Gasteiger partial charge in [-0.15, -0.1) is 5.10 Å². The number of thioether (sulfide) groups is 1. The zero-order valence-electron chi connectivity index (χ0n) is 9.81. The van der Waals surface area contributed by atoms with Crippen LogP contribution in [0.1, 0.15) is 12.5 Å². The van der Waals surface area contributed by atoms with Crippen LogP contribution in [0, 0.1) is 5.82 Å². The molecule has 0 aliphatic carbocycles. The Bertz CT molecular complexity index is 607. The van der Waals surface area contributed by atoms with Crippen LogP contribution in [0.25, 0.3) is 0 Å². The van der Waals surface area contributed by atoms with Gasteiger partial charge >= 0.3 is 5.69 Å². The second-order valence-corrected chi connectivity index (χ2v) is 4.64. The van der Waals surface area contributed by atoms with Gasteiger partial charge in [-0.2, -0.15) is 0 Å². The van der Waals surface area contributed by atoms with E-state index in [-0.39, 0.29) is 11.5 Å². The molecule has 0 aliphatic rings. The van der Waals surface area contributed by atoms with Crippen molar-refractivity contribution in [2.75, 3.05) is 5.73 Å². The molecule has 0 fully saturated rings. The Balaban J connectivity index is 2.14. The molecule has 0 aliphatic heterocycles. The molecule has 18 heavy (non-hydrogen) atoms. The Hall–Kier alpha value is -1.76. The van der Waals surface area contributed by atoms with E-state index < -0.39 is 0 Å². The molecule has 1 heterocycles. The quantitative estimate of drug-likeness (QED) is 0.652. The van der Waals surface area contributed by atoms with Crippen molar-refractivity contribution in [3.63, 3.8) is 0 Å². The number of nitrogens with two attached hydrogens (primary N) is 1. The van der Waals surface area contributed by atoms with Gasteiger partial charge in [0, 0.05) is 18.0 Å². The maximum atomic E-state index is 13.6. The minimum atomic E-state index is -0.344. The molecule has 2 rings (SSSR count). The molecule has 0 amide bonds. The third-order valence-corrected chi connectivity index (χ3v) is 3.50. The first-order valence-corrected chi connectivity index (χ1v) is 6.42. The number of hydrogen-bond donors (Lipinski definition) is 2. The molecular weight excluding hydrogens is 255 g/mol. The highest BCUT2D eigenvalue weighted by Crippen LogP contribution is 2.22. The number of anilines is 1. The molecule has 0 radical (unpaired) electrons. The van der Waals surface area contributed by atoms with E-state index >= 15 is 0 Å². The van der Waals surface area contributed by atoms with Crippen LogP contribution in [0.2, 0.25) is 0 Å². The van der Waals surface area contributed by atoms with E-state index in [0.717, 1.165) is 0 Å². The highest BCUT2D eigenvalue weighted by molar-refractivity contribution is 7.98. The summed E-state index contributed by atoms with van der Waals surface area (Å²) in [5, 5.41) is 6.82. The highest BCUT2D eigenvalue weighted by Gasteiger charge is 2.09. The molecule has 0 saturated carbocycles.